The van der Waals surface area contributed by atoms with Crippen molar-refractivity contribution >= 4 is 28.3 Å². The molecule has 1 amide bonds. The molecule has 2 fully saturated rings. The Morgan fingerprint density at radius 1 is 1.50 bits per heavy atom. The SMILES string of the molecule is COc1c(N)nsc1N1CCN2C(=O)CCC2C1. The van der Waals surface area contributed by atoms with E-state index in [1.54, 1.807) is 7.11 Å². The number of nitrogens with two attached hydrogens (primary N) is 1. The molecule has 98 valence electrons. The number of carbonyl (C=O) groups excluding carboxylic acids is 1. The van der Waals surface area contributed by atoms with Crippen LogP contribution in [0.2, 0.25) is 0 Å². The third-order valence-corrected chi connectivity index (χ3v) is 4.55. The van der Waals surface area contributed by atoms with Crippen molar-refractivity contribution in [2.24, 2.45) is 0 Å². The summed E-state index contributed by atoms with van der Waals surface area (Å²) in [5.41, 5.74) is 5.77. The quantitative estimate of drug-likeness (QED) is 0.848. The van der Waals surface area contributed by atoms with Gasteiger partial charge >= 0.3 is 0 Å². The summed E-state index contributed by atoms with van der Waals surface area (Å²) >= 11 is 1.36. The lowest BCUT2D eigenvalue weighted by atomic mass is 10.1. The molecule has 18 heavy (non-hydrogen) atoms. The zero-order valence-corrected chi connectivity index (χ0v) is 11.1. The fourth-order valence-electron chi connectivity index (χ4n) is 2.73. The zero-order valence-electron chi connectivity index (χ0n) is 10.3. The van der Waals surface area contributed by atoms with Crippen LogP contribution in [0, 0.1) is 0 Å². The molecule has 0 spiro atoms. The summed E-state index contributed by atoms with van der Waals surface area (Å²) in [5, 5.41) is 0.981. The Balaban J connectivity index is 1.80. The molecule has 1 unspecified atom stereocenters. The Kier molecular flexibility index (Phi) is 2.77. The van der Waals surface area contributed by atoms with Crippen molar-refractivity contribution < 1.29 is 9.53 Å². The monoisotopic (exact) mass is 268 g/mol. The average Bonchev–Trinajstić information content (AvgIpc) is 2.93. The van der Waals surface area contributed by atoms with E-state index >= 15 is 0 Å². The van der Waals surface area contributed by atoms with E-state index in [4.69, 9.17) is 10.5 Å². The second kappa shape index (κ2) is 4.31. The first-order valence-electron chi connectivity index (χ1n) is 6.04. The van der Waals surface area contributed by atoms with Gasteiger partial charge in [-0.1, -0.05) is 0 Å². The molecule has 0 aliphatic carbocycles. The lowest BCUT2D eigenvalue weighted by Gasteiger charge is -2.38. The number of nitrogens with zero attached hydrogens (tertiary/aromatic N) is 3. The van der Waals surface area contributed by atoms with Crippen LogP contribution in [0.4, 0.5) is 10.8 Å². The van der Waals surface area contributed by atoms with Gasteiger partial charge in [0.2, 0.25) is 5.91 Å². The maximum Gasteiger partial charge on any atom is 0.223 e. The molecule has 1 aromatic rings. The van der Waals surface area contributed by atoms with Gasteiger partial charge in [-0.05, 0) is 18.0 Å². The number of nitrogen functional groups attached to an aromatic ring is 1. The van der Waals surface area contributed by atoms with Gasteiger partial charge in [0, 0.05) is 32.1 Å². The molecule has 0 bridgehead atoms. The second-order valence-electron chi connectivity index (χ2n) is 4.63. The highest BCUT2D eigenvalue weighted by Crippen LogP contribution is 2.39. The van der Waals surface area contributed by atoms with Crippen LogP contribution < -0.4 is 15.4 Å². The van der Waals surface area contributed by atoms with Gasteiger partial charge in [-0.15, -0.1) is 0 Å². The Hall–Kier alpha value is -1.50. The van der Waals surface area contributed by atoms with Crippen molar-refractivity contribution in [3.05, 3.63) is 0 Å². The molecule has 7 heteroatoms. The smallest absolute Gasteiger partial charge is 0.223 e. The van der Waals surface area contributed by atoms with E-state index in [2.05, 4.69) is 9.27 Å². The van der Waals surface area contributed by atoms with E-state index in [1.807, 2.05) is 4.90 Å². The van der Waals surface area contributed by atoms with Gasteiger partial charge in [-0.3, -0.25) is 4.79 Å². The van der Waals surface area contributed by atoms with E-state index in [0.29, 0.717) is 24.0 Å². The normalized spacial score (nSPS) is 23.4. The van der Waals surface area contributed by atoms with Gasteiger partial charge < -0.3 is 20.3 Å². The molecule has 0 aromatic carbocycles. The minimum absolute atomic E-state index is 0.287. The lowest BCUT2D eigenvalue weighted by molar-refractivity contribution is -0.129. The Morgan fingerprint density at radius 3 is 3.11 bits per heavy atom. The minimum atomic E-state index is 0.287. The van der Waals surface area contributed by atoms with E-state index in [-0.39, 0.29) is 5.91 Å². The van der Waals surface area contributed by atoms with Crippen LogP contribution >= 0.6 is 11.5 Å². The molecule has 2 saturated heterocycles. The number of methoxy groups -OCH3 is 1. The number of carbonyl (C=O) groups is 1. The highest BCUT2D eigenvalue weighted by molar-refractivity contribution is 7.11. The predicted molar refractivity (Wildman–Crippen MR) is 70.0 cm³/mol. The first-order valence-corrected chi connectivity index (χ1v) is 6.81. The number of amides is 1. The zero-order chi connectivity index (χ0) is 12.7. The summed E-state index contributed by atoms with van der Waals surface area (Å²) in [5.74, 6) is 1.40. The summed E-state index contributed by atoms with van der Waals surface area (Å²) in [4.78, 5) is 15.9. The molecule has 3 rings (SSSR count). The topological polar surface area (TPSA) is 71.7 Å². The van der Waals surface area contributed by atoms with Gasteiger partial charge in [0.05, 0.1) is 7.11 Å². The predicted octanol–water partition coefficient (Wildman–Crippen LogP) is 0.545. The Morgan fingerprint density at radius 2 is 2.33 bits per heavy atom. The fraction of sp³-hybridized carbons (Fsp3) is 0.636. The van der Waals surface area contributed by atoms with Crippen molar-refractivity contribution in [3.8, 4) is 5.75 Å². The summed E-state index contributed by atoms with van der Waals surface area (Å²) < 4.78 is 9.44. The summed E-state index contributed by atoms with van der Waals surface area (Å²) in [6.45, 7) is 2.45. The standard InChI is InChI=1S/C11H16N4O2S/c1-17-9-10(12)13-18-11(9)14-4-5-15-7(6-14)2-3-8(15)16/h7H,2-6H2,1H3,(H2,12,13). The van der Waals surface area contributed by atoms with Crippen LogP contribution in [-0.4, -0.2) is 48.0 Å². The molecule has 3 heterocycles. The van der Waals surface area contributed by atoms with Gasteiger partial charge in [-0.25, -0.2) is 0 Å². The summed E-state index contributed by atoms with van der Waals surface area (Å²) in [6.07, 6.45) is 1.63. The molecular formula is C11H16N4O2S. The van der Waals surface area contributed by atoms with Crippen LogP contribution in [0.1, 0.15) is 12.8 Å². The van der Waals surface area contributed by atoms with Gasteiger partial charge in [0.15, 0.2) is 16.6 Å². The molecule has 2 aliphatic heterocycles. The number of hydrogen-bond donors (Lipinski definition) is 1. The van der Waals surface area contributed by atoms with E-state index in [0.717, 1.165) is 31.1 Å². The number of piperazine rings is 1. The molecule has 2 aliphatic rings. The molecule has 0 saturated carbocycles. The van der Waals surface area contributed by atoms with E-state index < -0.39 is 0 Å². The van der Waals surface area contributed by atoms with Crippen LogP contribution in [-0.2, 0) is 4.79 Å². The maximum absolute atomic E-state index is 11.6. The Labute approximate surface area is 109 Å². The molecule has 1 atom stereocenters. The third-order valence-electron chi connectivity index (χ3n) is 3.64. The third kappa shape index (κ3) is 1.69. The highest BCUT2D eigenvalue weighted by Gasteiger charge is 2.36. The molecule has 6 nitrogen and oxygen atoms in total. The van der Waals surface area contributed by atoms with Gasteiger partial charge in [0.25, 0.3) is 0 Å². The first kappa shape index (κ1) is 11.6. The number of ether oxygens (including phenoxy) is 1. The number of rotatable bonds is 2. The van der Waals surface area contributed by atoms with Gasteiger partial charge in [-0.2, -0.15) is 4.37 Å². The maximum atomic E-state index is 11.6. The fourth-order valence-corrected chi connectivity index (χ4v) is 3.55. The van der Waals surface area contributed by atoms with Gasteiger partial charge in [0.1, 0.15) is 0 Å². The van der Waals surface area contributed by atoms with Crippen molar-refractivity contribution in [2.45, 2.75) is 18.9 Å². The molecule has 1 aromatic heterocycles. The van der Waals surface area contributed by atoms with Crippen molar-refractivity contribution in [2.75, 3.05) is 37.4 Å². The Bertz CT molecular complexity index is 476. The first-order chi connectivity index (χ1) is 8.70. The van der Waals surface area contributed by atoms with Crippen molar-refractivity contribution in [1.29, 1.82) is 0 Å². The molecular weight excluding hydrogens is 252 g/mol. The van der Waals surface area contributed by atoms with Crippen LogP contribution in [0.5, 0.6) is 5.75 Å². The van der Waals surface area contributed by atoms with E-state index in [9.17, 15) is 4.79 Å². The minimum Gasteiger partial charge on any atom is -0.490 e. The number of hydrogen-bond acceptors (Lipinski definition) is 6. The van der Waals surface area contributed by atoms with Crippen LogP contribution in [0.25, 0.3) is 0 Å². The largest absolute Gasteiger partial charge is 0.490 e. The van der Waals surface area contributed by atoms with Crippen molar-refractivity contribution in [1.82, 2.24) is 9.27 Å². The molecule has 2 N–H and O–H groups in total. The number of anilines is 2. The number of fused-ring (bicyclic) bond motifs is 1. The highest BCUT2D eigenvalue weighted by atomic mass is 32.1. The summed E-state index contributed by atoms with van der Waals surface area (Å²) in [6, 6.07) is 0.333. The summed E-state index contributed by atoms with van der Waals surface area (Å²) in [7, 11) is 1.61. The van der Waals surface area contributed by atoms with E-state index in [1.165, 1.54) is 11.5 Å². The second-order valence-corrected chi connectivity index (χ2v) is 5.38. The van der Waals surface area contributed by atoms with Crippen LogP contribution in [0.15, 0.2) is 0 Å². The molecule has 0 radical (unpaired) electrons. The lowest BCUT2D eigenvalue weighted by Crippen LogP contribution is -2.51. The van der Waals surface area contributed by atoms with Crippen LogP contribution in [0.3, 0.4) is 0 Å². The number of aromatic nitrogens is 1. The van der Waals surface area contributed by atoms with Crippen molar-refractivity contribution in [3.63, 3.8) is 0 Å². The average molecular weight is 268 g/mol.